The highest BCUT2D eigenvalue weighted by molar-refractivity contribution is 5.21. The van der Waals surface area contributed by atoms with Crippen molar-refractivity contribution in [1.29, 1.82) is 0 Å². The molecule has 6 nitrogen and oxygen atoms in total. The first kappa shape index (κ1) is 13.8. The summed E-state index contributed by atoms with van der Waals surface area (Å²) in [6.45, 7) is 5.18. The summed E-state index contributed by atoms with van der Waals surface area (Å²) in [5.41, 5.74) is 4.95. The van der Waals surface area contributed by atoms with Gasteiger partial charge in [0.25, 0.3) is 0 Å². The first-order valence-corrected chi connectivity index (χ1v) is 6.71. The molecule has 0 aliphatic rings. The predicted octanol–water partition coefficient (Wildman–Crippen LogP) is 1.14. The second kappa shape index (κ2) is 5.99. The van der Waals surface area contributed by atoms with Gasteiger partial charge in [0, 0.05) is 26.0 Å². The topological polar surface area (TPSA) is 73.7 Å². The minimum atomic E-state index is -0.139. The van der Waals surface area contributed by atoms with Gasteiger partial charge in [-0.3, -0.25) is 10.5 Å². The molecule has 0 amide bonds. The molecule has 104 valence electrons. The number of hydrogen-bond donors (Lipinski definition) is 2. The van der Waals surface area contributed by atoms with Crippen LogP contribution in [0.4, 0.5) is 0 Å². The maximum atomic E-state index is 5.74. The smallest absolute Gasteiger partial charge is 0.133 e. The van der Waals surface area contributed by atoms with Crippen molar-refractivity contribution >= 4 is 0 Å². The number of hydrogen-bond acceptors (Lipinski definition) is 4. The maximum absolute atomic E-state index is 5.74. The summed E-state index contributed by atoms with van der Waals surface area (Å²) in [6, 6.07) is 1.94. The van der Waals surface area contributed by atoms with Gasteiger partial charge in [-0.2, -0.15) is 5.10 Å². The summed E-state index contributed by atoms with van der Waals surface area (Å²) < 4.78 is 4.00. The number of aryl methyl sites for hydroxylation is 3. The zero-order valence-electron chi connectivity index (χ0n) is 11.8. The van der Waals surface area contributed by atoms with Crippen LogP contribution in [0.25, 0.3) is 0 Å². The van der Waals surface area contributed by atoms with Crippen LogP contribution in [0.1, 0.15) is 43.5 Å². The summed E-state index contributed by atoms with van der Waals surface area (Å²) >= 11 is 0. The molecular weight excluding hydrogens is 240 g/mol. The SMILES string of the molecule is CCCn1ccnc1C(NN)c1cc(CC)nn1C. The summed E-state index contributed by atoms with van der Waals surface area (Å²) in [7, 11) is 1.94. The molecule has 2 aromatic rings. The Hall–Kier alpha value is -1.66. The number of hydrazine groups is 1. The van der Waals surface area contributed by atoms with Gasteiger partial charge in [-0.25, -0.2) is 10.4 Å². The van der Waals surface area contributed by atoms with E-state index in [2.05, 4.69) is 40.0 Å². The van der Waals surface area contributed by atoms with E-state index in [1.54, 1.807) is 0 Å². The normalized spacial score (nSPS) is 12.8. The Morgan fingerprint density at radius 2 is 2.21 bits per heavy atom. The molecule has 0 radical (unpaired) electrons. The molecule has 0 aromatic carbocycles. The van der Waals surface area contributed by atoms with Crippen molar-refractivity contribution in [1.82, 2.24) is 24.8 Å². The number of aromatic nitrogens is 4. The molecule has 6 heteroatoms. The van der Waals surface area contributed by atoms with Crippen molar-refractivity contribution in [2.45, 2.75) is 39.3 Å². The average Bonchev–Trinajstić information content (AvgIpc) is 3.00. The number of nitrogens with one attached hydrogen (secondary N) is 1. The number of nitrogens with two attached hydrogens (primary N) is 1. The highest BCUT2D eigenvalue weighted by Crippen LogP contribution is 2.21. The lowest BCUT2D eigenvalue weighted by molar-refractivity contribution is 0.514. The van der Waals surface area contributed by atoms with E-state index >= 15 is 0 Å². The molecule has 0 aliphatic carbocycles. The molecule has 0 bridgehead atoms. The van der Waals surface area contributed by atoms with E-state index in [0.29, 0.717) is 0 Å². The van der Waals surface area contributed by atoms with E-state index in [4.69, 9.17) is 5.84 Å². The molecule has 19 heavy (non-hydrogen) atoms. The number of rotatable bonds is 6. The summed E-state index contributed by atoms with van der Waals surface area (Å²) in [5, 5.41) is 4.47. The summed E-state index contributed by atoms with van der Waals surface area (Å²) in [6.07, 6.45) is 5.77. The Morgan fingerprint density at radius 1 is 1.42 bits per heavy atom. The Bertz CT molecular complexity index is 527. The first-order chi connectivity index (χ1) is 9.21. The second-order valence-corrected chi connectivity index (χ2v) is 4.62. The van der Waals surface area contributed by atoms with Gasteiger partial charge in [0.1, 0.15) is 11.9 Å². The highest BCUT2D eigenvalue weighted by atomic mass is 15.3. The number of imidazole rings is 1. The van der Waals surface area contributed by atoms with Gasteiger partial charge < -0.3 is 4.57 Å². The quantitative estimate of drug-likeness (QED) is 0.605. The van der Waals surface area contributed by atoms with Gasteiger partial charge in [0.05, 0.1) is 11.4 Å². The van der Waals surface area contributed by atoms with Crippen LogP contribution in [0, 0.1) is 0 Å². The van der Waals surface area contributed by atoms with Crippen molar-refractivity contribution in [3.8, 4) is 0 Å². The fourth-order valence-corrected chi connectivity index (χ4v) is 2.29. The zero-order valence-corrected chi connectivity index (χ0v) is 11.8. The molecule has 2 rings (SSSR count). The fourth-order valence-electron chi connectivity index (χ4n) is 2.29. The van der Waals surface area contributed by atoms with Crippen LogP contribution in [-0.2, 0) is 20.0 Å². The Morgan fingerprint density at radius 3 is 2.79 bits per heavy atom. The zero-order chi connectivity index (χ0) is 13.8. The molecule has 2 aromatic heterocycles. The molecular formula is C13H22N6. The van der Waals surface area contributed by atoms with Gasteiger partial charge >= 0.3 is 0 Å². The van der Waals surface area contributed by atoms with Gasteiger partial charge in [-0.1, -0.05) is 13.8 Å². The van der Waals surface area contributed by atoms with Crippen molar-refractivity contribution in [3.05, 3.63) is 35.7 Å². The standard InChI is InChI=1S/C13H22N6/c1-4-7-19-8-6-15-13(19)12(16-14)11-9-10(5-2)17-18(11)3/h6,8-9,12,16H,4-5,7,14H2,1-3H3. The molecule has 0 saturated heterocycles. The lowest BCUT2D eigenvalue weighted by Gasteiger charge is -2.17. The molecule has 2 heterocycles. The van der Waals surface area contributed by atoms with Crippen LogP contribution in [0.2, 0.25) is 0 Å². The largest absolute Gasteiger partial charge is 0.333 e. The first-order valence-electron chi connectivity index (χ1n) is 6.71. The predicted molar refractivity (Wildman–Crippen MR) is 74.3 cm³/mol. The third-order valence-electron chi connectivity index (χ3n) is 3.26. The molecule has 0 fully saturated rings. The molecule has 1 unspecified atom stereocenters. The van der Waals surface area contributed by atoms with E-state index in [1.165, 1.54) is 0 Å². The van der Waals surface area contributed by atoms with Crippen LogP contribution in [0.15, 0.2) is 18.5 Å². The molecule has 0 aliphatic heterocycles. The van der Waals surface area contributed by atoms with E-state index < -0.39 is 0 Å². The minimum Gasteiger partial charge on any atom is -0.333 e. The van der Waals surface area contributed by atoms with Crippen LogP contribution in [0.5, 0.6) is 0 Å². The minimum absolute atomic E-state index is 0.139. The van der Waals surface area contributed by atoms with E-state index in [1.807, 2.05) is 24.1 Å². The highest BCUT2D eigenvalue weighted by Gasteiger charge is 2.21. The van der Waals surface area contributed by atoms with Gasteiger partial charge in [-0.15, -0.1) is 0 Å². The Labute approximate surface area is 113 Å². The fraction of sp³-hybridized carbons (Fsp3) is 0.538. The Kier molecular flexibility index (Phi) is 4.34. The third kappa shape index (κ3) is 2.69. The van der Waals surface area contributed by atoms with Gasteiger partial charge in [-0.05, 0) is 18.9 Å². The average molecular weight is 262 g/mol. The van der Waals surface area contributed by atoms with Crippen LogP contribution in [0.3, 0.4) is 0 Å². The summed E-state index contributed by atoms with van der Waals surface area (Å²) in [4.78, 5) is 4.44. The summed E-state index contributed by atoms with van der Waals surface area (Å²) in [5.74, 6) is 6.66. The molecule has 0 spiro atoms. The van der Waals surface area contributed by atoms with Crippen LogP contribution in [-0.4, -0.2) is 19.3 Å². The second-order valence-electron chi connectivity index (χ2n) is 4.62. The molecule has 0 saturated carbocycles. The molecule has 3 N–H and O–H groups in total. The van der Waals surface area contributed by atoms with E-state index in [0.717, 1.165) is 36.6 Å². The Balaban J connectivity index is 2.37. The maximum Gasteiger partial charge on any atom is 0.133 e. The van der Waals surface area contributed by atoms with Crippen molar-refractivity contribution in [3.63, 3.8) is 0 Å². The van der Waals surface area contributed by atoms with Crippen LogP contribution < -0.4 is 11.3 Å². The van der Waals surface area contributed by atoms with Crippen molar-refractivity contribution in [2.24, 2.45) is 12.9 Å². The lowest BCUT2D eigenvalue weighted by Crippen LogP contribution is -2.32. The van der Waals surface area contributed by atoms with Gasteiger partial charge in [0.15, 0.2) is 0 Å². The van der Waals surface area contributed by atoms with Crippen LogP contribution >= 0.6 is 0 Å². The third-order valence-corrected chi connectivity index (χ3v) is 3.26. The van der Waals surface area contributed by atoms with Crippen molar-refractivity contribution < 1.29 is 0 Å². The lowest BCUT2D eigenvalue weighted by atomic mass is 10.1. The molecule has 1 atom stereocenters. The van der Waals surface area contributed by atoms with E-state index in [-0.39, 0.29) is 6.04 Å². The van der Waals surface area contributed by atoms with E-state index in [9.17, 15) is 0 Å². The monoisotopic (exact) mass is 262 g/mol. The number of nitrogens with zero attached hydrogens (tertiary/aromatic N) is 4. The van der Waals surface area contributed by atoms with Gasteiger partial charge in [0.2, 0.25) is 0 Å². The van der Waals surface area contributed by atoms with Crippen molar-refractivity contribution in [2.75, 3.05) is 0 Å².